The second-order valence-electron chi connectivity index (χ2n) is 5.00. The summed E-state index contributed by atoms with van der Waals surface area (Å²) in [7, 11) is 1.58. The molecule has 0 spiro atoms. The average molecular weight is 308 g/mol. The highest BCUT2D eigenvalue weighted by Gasteiger charge is 2.32. The van der Waals surface area contributed by atoms with Crippen molar-refractivity contribution in [2.24, 2.45) is 5.16 Å². The van der Waals surface area contributed by atoms with Gasteiger partial charge in [0.15, 0.2) is 0 Å². The molecule has 0 aromatic heterocycles. The van der Waals surface area contributed by atoms with Crippen LogP contribution in [0.3, 0.4) is 0 Å². The van der Waals surface area contributed by atoms with Gasteiger partial charge in [0.05, 0.1) is 25.5 Å². The summed E-state index contributed by atoms with van der Waals surface area (Å²) in [6.07, 6.45) is -0.0604. The van der Waals surface area contributed by atoms with Crippen molar-refractivity contribution in [1.29, 1.82) is 0 Å². The summed E-state index contributed by atoms with van der Waals surface area (Å²) in [6.45, 7) is 3.01. The quantitative estimate of drug-likeness (QED) is 0.475. The van der Waals surface area contributed by atoms with Crippen molar-refractivity contribution in [2.45, 2.75) is 19.4 Å². The van der Waals surface area contributed by atoms with E-state index < -0.39 is 0 Å². The van der Waals surface area contributed by atoms with Crippen molar-refractivity contribution in [3.8, 4) is 5.75 Å². The van der Waals surface area contributed by atoms with Crippen LogP contribution in [-0.2, 0) is 9.47 Å². The lowest BCUT2D eigenvalue weighted by atomic mass is 10.2. The van der Waals surface area contributed by atoms with E-state index in [0.717, 1.165) is 5.69 Å². The first-order valence-electron chi connectivity index (χ1n) is 7.01. The molecule has 0 radical (unpaired) electrons. The van der Waals surface area contributed by atoms with Gasteiger partial charge in [-0.2, -0.15) is 0 Å². The number of hydrogen-bond donors (Lipinski definition) is 1. The molecule has 0 unspecified atom stereocenters. The number of carbonyl (C=O) groups is 1. The number of carbonyl (C=O) groups excluding carboxylic acids is 1. The second kappa shape index (κ2) is 7.65. The summed E-state index contributed by atoms with van der Waals surface area (Å²) in [4.78, 5) is 13.4. The molecule has 1 aromatic carbocycles. The highest BCUT2D eigenvalue weighted by atomic mass is 16.6. The Bertz CT molecular complexity index is 529. The van der Waals surface area contributed by atoms with E-state index in [-0.39, 0.29) is 12.2 Å². The predicted octanol–water partition coefficient (Wildman–Crippen LogP) is 2.28. The van der Waals surface area contributed by atoms with Crippen molar-refractivity contribution in [3.63, 3.8) is 0 Å². The minimum atomic E-state index is -0.370. The topological polar surface area (TPSA) is 80.6 Å². The summed E-state index contributed by atoms with van der Waals surface area (Å²) in [5.41, 5.74) is 1.37. The lowest BCUT2D eigenvalue weighted by Crippen LogP contribution is -2.25. The van der Waals surface area contributed by atoms with E-state index >= 15 is 0 Å². The van der Waals surface area contributed by atoms with Gasteiger partial charge in [0.2, 0.25) is 0 Å². The molecular weight excluding hydrogens is 288 g/mol. The smallest absolute Gasteiger partial charge is 0.414 e. The SMILES string of the molecule is COC[C@H]1CN(c2ccc(OCCC(C)=NO)cc2)C(=O)O1. The molecule has 1 saturated heterocycles. The number of oxime groups is 1. The van der Waals surface area contributed by atoms with Gasteiger partial charge in [-0.1, -0.05) is 5.16 Å². The number of hydrogen-bond acceptors (Lipinski definition) is 6. The van der Waals surface area contributed by atoms with Crippen LogP contribution >= 0.6 is 0 Å². The van der Waals surface area contributed by atoms with Gasteiger partial charge < -0.3 is 19.4 Å². The molecule has 22 heavy (non-hydrogen) atoms. The van der Waals surface area contributed by atoms with Gasteiger partial charge in [0, 0.05) is 19.2 Å². The monoisotopic (exact) mass is 308 g/mol. The van der Waals surface area contributed by atoms with E-state index in [1.807, 2.05) is 0 Å². The molecule has 7 nitrogen and oxygen atoms in total. The Morgan fingerprint density at radius 2 is 2.18 bits per heavy atom. The zero-order valence-electron chi connectivity index (χ0n) is 12.7. The van der Waals surface area contributed by atoms with Gasteiger partial charge in [0.25, 0.3) is 0 Å². The molecule has 1 N–H and O–H groups in total. The highest BCUT2D eigenvalue weighted by molar-refractivity contribution is 5.89. The van der Waals surface area contributed by atoms with E-state index in [2.05, 4.69) is 5.16 Å². The minimum absolute atomic E-state index is 0.242. The minimum Gasteiger partial charge on any atom is -0.493 e. The number of anilines is 1. The molecule has 1 fully saturated rings. The number of nitrogens with zero attached hydrogens (tertiary/aromatic N) is 2. The van der Waals surface area contributed by atoms with Gasteiger partial charge >= 0.3 is 6.09 Å². The Kier molecular flexibility index (Phi) is 5.60. The lowest BCUT2D eigenvalue weighted by Gasteiger charge is -2.13. The highest BCUT2D eigenvalue weighted by Crippen LogP contribution is 2.24. The summed E-state index contributed by atoms with van der Waals surface area (Å²) in [5.74, 6) is 0.690. The maximum Gasteiger partial charge on any atom is 0.414 e. The number of benzene rings is 1. The molecule has 1 aliphatic heterocycles. The molecule has 1 heterocycles. The largest absolute Gasteiger partial charge is 0.493 e. The van der Waals surface area contributed by atoms with Crippen LogP contribution in [0.5, 0.6) is 5.75 Å². The van der Waals surface area contributed by atoms with Crippen molar-refractivity contribution in [3.05, 3.63) is 24.3 Å². The zero-order valence-corrected chi connectivity index (χ0v) is 12.7. The first kappa shape index (κ1) is 16.1. The maximum absolute atomic E-state index is 11.8. The second-order valence-corrected chi connectivity index (χ2v) is 5.00. The van der Waals surface area contributed by atoms with Crippen LogP contribution in [0.4, 0.5) is 10.5 Å². The van der Waals surface area contributed by atoms with Crippen LogP contribution in [0, 0.1) is 0 Å². The summed E-state index contributed by atoms with van der Waals surface area (Å²) in [6, 6.07) is 7.19. The molecule has 0 bridgehead atoms. The maximum atomic E-state index is 11.8. The molecule has 1 aromatic rings. The molecule has 1 amide bonds. The predicted molar refractivity (Wildman–Crippen MR) is 80.9 cm³/mol. The average Bonchev–Trinajstić information content (AvgIpc) is 2.89. The Balaban J connectivity index is 1.90. The van der Waals surface area contributed by atoms with Crippen LogP contribution in [0.25, 0.3) is 0 Å². The van der Waals surface area contributed by atoms with Gasteiger partial charge in [-0.25, -0.2) is 4.79 Å². The van der Waals surface area contributed by atoms with Crippen LogP contribution in [-0.4, -0.2) is 50.0 Å². The third-order valence-electron chi connectivity index (χ3n) is 3.28. The third kappa shape index (κ3) is 4.11. The fourth-order valence-corrected chi connectivity index (χ4v) is 2.09. The normalized spacial score (nSPS) is 18.5. The Labute approximate surface area is 129 Å². The van der Waals surface area contributed by atoms with Crippen LogP contribution in [0.15, 0.2) is 29.4 Å². The van der Waals surface area contributed by atoms with Crippen molar-refractivity contribution >= 4 is 17.5 Å². The number of ether oxygens (including phenoxy) is 3. The fourth-order valence-electron chi connectivity index (χ4n) is 2.09. The number of methoxy groups -OCH3 is 1. The Morgan fingerprint density at radius 1 is 1.45 bits per heavy atom. The Morgan fingerprint density at radius 3 is 2.82 bits per heavy atom. The Hall–Kier alpha value is -2.28. The molecular formula is C15H20N2O5. The number of amides is 1. The molecule has 7 heteroatoms. The van der Waals surface area contributed by atoms with Gasteiger partial charge in [-0.05, 0) is 31.2 Å². The zero-order chi connectivity index (χ0) is 15.9. The summed E-state index contributed by atoms with van der Waals surface area (Å²) in [5, 5.41) is 11.6. The summed E-state index contributed by atoms with van der Waals surface area (Å²) >= 11 is 0. The molecule has 0 aliphatic carbocycles. The standard InChI is InChI=1S/C15H20N2O5/c1-11(16-19)7-8-21-13-5-3-12(4-6-13)17-9-14(10-20-2)22-15(17)18/h3-6,14,19H,7-10H2,1-2H3/t14-/m1/s1. The van der Waals surface area contributed by atoms with E-state index in [0.29, 0.717) is 37.6 Å². The molecule has 2 rings (SSSR count). The van der Waals surface area contributed by atoms with Crippen molar-refractivity contribution in [2.75, 3.05) is 31.8 Å². The van der Waals surface area contributed by atoms with Crippen molar-refractivity contribution in [1.82, 2.24) is 0 Å². The van der Waals surface area contributed by atoms with E-state index in [1.165, 1.54) is 0 Å². The number of rotatable bonds is 7. The molecule has 0 saturated carbocycles. The van der Waals surface area contributed by atoms with Gasteiger partial charge in [0.1, 0.15) is 11.9 Å². The lowest BCUT2D eigenvalue weighted by molar-refractivity contribution is 0.0718. The molecule has 1 atom stereocenters. The van der Waals surface area contributed by atoms with Crippen molar-refractivity contribution < 1.29 is 24.2 Å². The number of cyclic esters (lactones) is 1. The molecule has 120 valence electrons. The fraction of sp³-hybridized carbons (Fsp3) is 0.467. The third-order valence-corrected chi connectivity index (χ3v) is 3.28. The first-order chi connectivity index (χ1) is 10.6. The van der Waals surface area contributed by atoms with Gasteiger partial charge in [-0.3, -0.25) is 4.90 Å². The van der Waals surface area contributed by atoms with Crippen LogP contribution in [0.1, 0.15) is 13.3 Å². The van der Waals surface area contributed by atoms with Crippen LogP contribution in [0.2, 0.25) is 0 Å². The first-order valence-corrected chi connectivity index (χ1v) is 7.01. The molecule has 1 aliphatic rings. The van der Waals surface area contributed by atoms with E-state index in [9.17, 15) is 4.79 Å². The van der Waals surface area contributed by atoms with E-state index in [1.54, 1.807) is 43.2 Å². The summed E-state index contributed by atoms with van der Waals surface area (Å²) < 4.78 is 15.7. The van der Waals surface area contributed by atoms with E-state index in [4.69, 9.17) is 19.4 Å². The van der Waals surface area contributed by atoms with Crippen LogP contribution < -0.4 is 9.64 Å². The van der Waals surface area contributed by atoms with Gasteiger partial charge in [-0.15, -0.1) is 0 Å².